The van der Waals surface area contributed by atoms with Crippen LogP contribution in [0.5, 0.6) is 0 Å². The Morgan fingerprint density at radius 1 is 1.40 bits per heavy atom. The van der Waals surface area contributed by atoms with Gasteiger partial charge in [-0.05, 0) is 42.8 Å². The van der Waals surface area contributed by atoms with Gasteiger partial charge >= 0.3 is 5.97 Å². The molecule has 0 aromatic carbocycles. The maximum atomic E-state index is 12.2. The summed E-state index contributed by atoms with van der Waals surface area (Å²) in [5, 5.41) is 13.5. The lowest BCUT2D eigenvalue weighted by Gasteiger charge is -2.11. The number of carbonyl (C=O) groups is 2. The second kappa shape index (κ2) is 7.77. The first-order valence-corrected chi connectivity index (χ1v) is 8.35. The number of anilines is 1. The summed E-state index contributed by atoms with van der Waals surface area (Å²) < 4.78 is 4.67. The number of amides is 1. The smallest absolute Gasteiger partial charge is 0.350 e. The monoisotopic (exact) mass is 359 g/mol. The number of carbonyl (C=O) groups excluding carboxylic acids is 2. The molecule has 25 heavy (non-hydrogen) atoms. The van der Waals surface area contributed by atoms with Gasteiger partial charge < -0.3 is 15.0 Å². The molecule has 0 aliphatic carbocycles. The molecule has 2 rings (SSSR count). The zero-order valence-electron chi connectivity index (χ0n) is 14.1. The number of ether oxygens (including phenoxy) is 1. The van der Waals surface area contributed by atoms with Gasteiger partial charge in [0, 0.05) is 12.1 Å². The first-order chi connectivity index (χ1) is 11.9. The van der Waals surface area contributed by atoms with E-state index < -0.39 is 11.5 Å². The van der Waals surface area contributed by atoms with Crippen molar-refractivity contribution in [1.29, 1.82) is 5.26 Å². The Bertz CT molecular complexity index is 921. The number of thiophene rings is 1. The summed E-state index contributed by atoms with van der Waals surface area (Å²) in [5.41, 5.74) is 2.04. The second-order valence-electron chi connectivity index (χ2n) is 5.37. The number of methoxy groups -OCH3 is 1. The van der Waals surface area contributed by atoms with Crippen molar-refractivity contribution in [2.75, 3.05) is 12.4 Å². The minimum Gasteiger partial charge on any atom is -0.465 e. The van der Waals surface area contributed by atoms with Crippen molar-refractivity contribution >= 4 is 28.9 Å². The quantitative estimate of drug-likeness (QED) is 0.796. The van der Waals surface area contributed by atoms with E-state index in [4.69, 9.17) is 5.26 Å². The zero-order valence-corrected chi connectivity index (χ0v) is 14.9. The standard InChI is InChI=1S/C17H17N3O4S/c1-9-11(10(2)19-16(22)12(9)8-18)4-5-14(21)20-13-6-7-25-15(13)17(23)24-3/h6-7H,4-5H2,1-3H3,(H,19,22)(H,20,21). The summed E-state index contributed by atoms with van der Waals surface area (Å²) in [5.74, 6) is -0.775. The SMILES string of the molecule is COC(=O)c1sccc1NC(=O)CCc1c(C)[nH]c(=O)c(C#N)c1C. The van der Waals surface area contributed by atoms with E-state index in [1.54, 1.807) is 25.3 Å². The summed E-state index contributed by atoms with van der Waals surface area (Å²) in [7, 11) is 1.28. The molecule has 2 aromatic rings. The first kappa shape index (κ1) is 18.4. The molecule has 0 spiro atoms. The highest BCUT2D eigenvalue weighted by molar-refractivity contribution is 7.12. The molecular formula is C17H17N3O4S. The molecular weight excluding hydrogens is 342 g/mol. The lowest BCUT2D eigenvalue weighted by atomic mass is 9.99. The molecule has 0 aliphatic heterocycles. The third-order valence-electron chi connectivity index (χ3n) is 3.83. The summed E-state index contributed by atoms with van der Waals surface area (Å²) in [6.07, 6.45) is 0.516. The van der Waals surface area contributed by atoms with E-state index in [1.807, 2.05) is 6.07 Å². The number of nitrogens with zero attached hydrogens (tertiary/aromatic N) is 1. The minimum absolute atomic E-state index is 0.0619. The van der Waals surface area contributed by atoms with Crippen molar-refractivity contribution in [2.45, 2.75) is 26.7 Å². The van der Waals surface area contributed by atoms with E-state index in [-0.39, 0.29) is 17.9 Å². The number of nitrogens with one attached hydrogen (secondary N) is 2. The Labute approximate surface area is 148 Å². The van der Waals surface area contributed by atoms with Gasteiger partial charge in [0.2, 0.25) is 5.91 Å². The molecule has 0 bridgehead atoms. The van der Waals surface area contributed by atoms with Crippen LogP contribution in [0.25, 0.3) is 0 Å². The van der Waals surface area contributed by atoms with Crippen molar-refractivity contribution < 1.29 is 14.3 Å². The molecule has 0 aliphatic rings. The Morgan fingerprint density at radius 3 is 2.76 bits per heavy atom. The largest absolute Gasteiger partial charge is 0.465 e. The lowest BCUT2D eigenvalue weighted by molar-refractivity contribution is -0.116. The molecule has 2 N–H and O–H groups in total. The topological polar surface area (TPSA) is 112 Å². The van der Waals surface area contributed by atoms with Crippen molar-refractivity contribution in [2.24, 2.45) is 0 Å². The van der Waals surface area contributed by atoms with Crippen molar-refractivity contribution in [3.8, 4) is 6.07 Å². The van der Waals surface area contributed by atoms with Crippen LogP contribution >= 0.6 is 11.3 Å². The van der Waals surface area contributed by atoms with Crippen LogP contribution in [0.4, 0.5) is 5.69 Å². The molecule has 0 radical (unpaired) electrons. The van der Waals surface area contributed by atoms with E-state index >= 15 is 0 Å². The molecule has 130 valence electrons. The molecule has 0 saturated carbocycles. The van der Waals surface area contributed by atoms with Crippen LogP contribution < -0.4 is 10.9 Å². The number of hydrogen-bond acceptors (Lipinski definition) is 6. The van der Waals surface area contributed by atoms with E-state index in [1.165, 1.54) is 18.4 Å². The van der Waals surface area contributed by atoms with Crippen molar-refractivity contribution in [3.63, 3.8) is 0 Å². The number of aryl methyl sites for hydroxylation is 1. The van der Waals surface area contributed by atoms with Gasteiger partial charge in [0.25, 0.3) is 5.56 Å². The van der Waals surface area contributed by atoms with E-state index in [0.29, 0.717) is 28.2 Å². The number of rotatable bonds is 5. The average Bonchev–Trinajstić information content (AvgIpc) is 3.02. The maximum absolute atomic E-state index is 12.2. The fourth-order valence-corrected chi connectivity index (χ4v) is 3.30. The van der Waals surface area contributed by atoms with Crippen LogP contribution in [-0.4, -0.2) is 24.0 Å². The van der Waals surface area contributed by atoms with E-state index in [9.17, 15) is 14.4 Å². The number of pyridine rings is 1. The normalized spacial score (nSPS) is 10.2. The second-order valence-corrected chi connectivity index (χ2v) is 6.29. The minimum atomic E-state index is -0.503. The Morgan fingerprint density at radius 2 is 2.12 bits per heavy atom. The molecule has 7 nitrogen and oxygen atoms in total. The summed E-state index contributed by atoms with van der Waals surface area (Å²) in [6.45, 7) is 3.43. The number of nitriles is 1. The van der Waals surface area contributed by atoms with Crippen molar-refractivity contribution in [3.05, 3.63) is 49.1 Å². The fourth-order valence-electron chi connectivity index (χ4n) is 2.53. The Hall–Kier alpha value is -2.92. The van der Waals surface area contributed by atoms with Gasteiger partial charge in [-0.25, -0.2) is 4.79 Å². The molecule has 0 atom stereocenters. The van der Waals surface area contributed by atoms with Gasteiger partial charge in [-0.1, -0.05) is 0 Å². The summed E-state index contributed by atoms with van der Waals surface area (Å²) in [6, 6.07) is 3.53. The van der Waals surface area contributed by atoms with Crippen LogP contribution in [0.15, 0.2) is 16.2 Å². The number of hydrogen-bond donors (Lipinski definition) is 2. The van der Waals surface area contributed by atoms with Gasteiger partial charge in [-0.15, -0.1) is 11.3 Å². The van der Waals surface area contributed by atoms with Gasteiger partial charge in [-0.2, -0.15) is 5.26 Å². The lowest BCUT2D eigenvalue weighted by Crippen LogP contribution is -2.18. The number of aromatic amines is 1. The van der Waals surface area contributed by atoms with Crippen LogP contribution in [0.1, 0.15) is 38.5 Å². The highest BCUT2D eigenvalue weighted by atomic mass is 32.1. The zero-order chi connectivity index (χ0) is 18.6. The number of H-pyrrole nitrogens is 1. The molecule has 0 unspecified atom stereocenters. The molecule has 2 heterocycles. The Balaban J connectivity index is 2.12. The highest BCUT2D eigenvalue weighted by Gasteiger charge is 2.17. The van der Waals surface area contributed by atoms with Gasteiger partial charge in [0.1, 0.15) is 16.5 Å². The molecule has 0 fully saturated rings. The Kier molecular flexibility index (Phi) is 5.72. The van der Waals surface area contributed by atoms with Crippen LogP contribution in [0.3, 0.4) is 0 Å². The maximum Gasteiger partial charge on any atom is 0.350 e. The average molecular weight is 359 g/mol. The van der Waals surface area contributed by atoms with Crippen LogP contribution in [0, 0.1) is 25.2 Å². The predicted octanol–water partition coefficient (Wildman–Crippen LogP) is 2.28. The van der Waals surface area contributed by atoms with Gasteiger partial charge in [0.05, 0.1) is 12.8 Å². The third-order valence-corrected chi connectivity index (χ3v) is 4.73. The summed E-state index contributed by atoms with van der Waals surface area (Å²) >= 11 is 1.19. The van der Waals surface area contributed by atoms with Crippen LogP contribution in [-0.2, 0) is 16.0 Å². The van der Waals surface area contributed by atoms with E-state index in [2.05, 4.69) is 15.0 Å². The molecule has 1 amide bonds. The first-order valence-electron chi connectivity index (χ1n) is 7.47. The molecule has 0 saturated heterocycles. The van der Waals surface area contributed by atoms with Gasteiger partial charge in [0.15, 0.2) is 0 Å². The number of aromatic nitrogens is 1. The highest BCUT2D eigenvalue weighted by Crippen LogP contribution is 2.23. The van der Waals surface area contributed by atoms with Gasteiger partial charge in [-0.3, -0.25) is 9.59 Å². The third kappa shape index (κ3) is 3.95. The van der Waals surface area contributed by atoms with E-state index in [0.717, 1.165) is 5.56 Å². The fraction of sp³-hybridized carbons (Fsp3) is 0.294. The molecule has 2 aromatic heterocycles. The predicted molar refractivity (Wildman–Crippen MR) is 93.9 cm³/mol. The number of esters is 1. The van der Waals surface area contributed by atoms with Crippen LogP contribution in [0.2, 0.25) is 0 Å². The summed E-state index contributed by atoms with van der Waals surface area (Å²) in [4.78, 5) is 38.5. The van der Waals surface area contributed by atoms with Crippen molar-refractivity contribution in [1.82, 2.24) is 4.98 Å². The molecule has 8 heteroatoms.